The fraction of sp³-hybridized carbons (Fsp3) is 0.552. The molecule has 2 atom stereocenters. The molecule has 2 aromatic rings. The number of fused-ring (bicyclic) bond motifs is 1. The largest absolute Gasteiger partial charge is 0.444 e. The first-order chi connectivity index (χ1) is 18.1. The van der Waals surface area contributed by atoms with E-state index in [1.807, 2.05) is 25.7 Å². The van der Waals surface area contributed by atoms with E-state index in [2.05, 4.69) is 4.98 Å². The molecule has 0 aliphatic carbocycles. The summed E-state index contributed by atoms with van der Waals surface area (Å²) in [6, 6.07) is 8.09. The lowest BCUT2D eigenvalue weighted by molar-refractivity contribution is -0.121. The first kappa shape index (κ1) is 28.9. The number of hydrogen-bond acceptors (Lipinski definition) is 6. The van der Waals surface area contributed by atoms with E-state index in [9.17, 15) is 14.7 Å². The van der Waals surface area contributed by atoms with Crippen molar-refractivity contribution >= 4 is 17.7 Å². The van der Waals surface area contributed by atoms with Gasteiger partial charge in [-0.2, -0.15) is 8.78 Å². The van der Waals surface area contributed by atoms with Crippen LogP contribution in [0.3, 0.4) is 0 Å². The van der Waals surface area contributed by atoms with Crippen LogP contribution in [0, 0.1) is 0 Å². The van der Waals surface area contributed by atoms with Crippen LogP contribution in [0.2, 0.25) is 0 Å². The van der Waals surface area contributed by atoms with Crippen molar-refractivity contribution in [2.24, 2.45) is 0 Å². The lowest BCUT2D eigenvalue weighted by Crippen LogP contribution is -2.62. The van der Waals surface area contributed by atoms with Gasteiger partial charge in [0.05, 0.1) is 24.9 Å². The number of pyridine rings is 1. The van der Waals surface area contributed by atoms with Crippen molar-refractivity contribution in [1.82, 2.24) is 14.8 Å². The van der Waals surface area contributed by atoms with Gasteiger partial charge in [-0.1, -0.05) is 44.2 Å². The van der Waals surface area contributed by atoms with Crippen molar-refractivity contribution in [3.63, 3.8) is 0 Å². The Morgan fingerprint density at radius 2 is 1.82 bits per heavy atom. The lowest BCUT2D eigenvalue weighted by atomic mass is 9.88. The summed E-state index contributed by atoms with van der Waals surface area (Å²) in [6.45, 7) is 11.8. The van der Waals surface area contributed by atoms with E-state index in [-0.39, 0.29) is 37.2 Å². The molecule has 4 rings (SSSR count). The number of aromatic nitrogens is 1. The number of alkyl halides is 2. The lowest BCUT2D eigenvalue weighted by Gasteiger charge is -2.44. The second-order valence-electron chi connectivity index (χ2n) is 12.1. The Labute approximate surface area is 228 Å². The Balaban J connectivity index is 1.55. The van der Waals surface area contributed by atoms with Crippen LogP contribution in [-0.2, 0) is 20.9 Å². The summed E-state index contributed by atoms with van der Waals surface area (Å²) >= 11 is 0. The van der Waals surface area contributed by atoms with E-state index in [4.69, 9.17) is 4.74 Å². The summed E-state index contributed by atoms with van der Waals surface area (Å²) in [5.41, 5.74) is -0.570. The average Bonchev–Trinajstić information content (AvgIpc) is 3.14. The van der Waals surface area contributed by atoms with Gasteiger partial charge in [0.1, 0.15) is 11.3 Å². The van der Waals surface area contributed by atoms with Crippen LogP contribution in [0.15, 0.2) is 42.6 Å². The van der Waals surface area contributed by atoms with E-state index in [0.717, 1.165) is 5.56 Å². The fourth-order valence-electron chi connectivity index (χ4n) is 5.26. The van der Waals surface area contributed by atoms with Crippen LogP contribution in [-0.4, -0.2) is 82.4 Å². The zero-order valence-corrected chi connectivity index (χ0v) is 23.4. The SMILES string of the molecule is C[C@@H]1CN(CC(=O)N2CC(C)(C)c3cnc(C(F)(F)c4ccccc4)cc32)[C@@H](CO)CN1C(=O)OC(C)(C)C. The highest BCUT2D eigenvalue weighted by molar-refractivity contribution is 5.97. The molecule has 2 amide bonds. The zero-order valence-electron chi connectivity index (χ0n) is 23.4. The molecule has 1 N–H and O–H groups in total. The number of rotatable bonds is 5. The van der Waals surface area contributed by atoms with E-state index >= 15 is 8.78 Å². The maximum atomic E-state index is 15.4. The van der Waals surface area contributed by atoms with Crippen molar-refractivity contribution in [1.29, 1.82) is 0 Å². The minimum atomic E-state index is -3.33. The number of amides is 2. The maximum Gasteiger partial charge on any atom is 0.410 e. The standard InChI is InChI=1S/C29H38F2N4O4/c1-19-14-33(21(17-36)15-34(19)26(38)39-27(2,3)4)16-25(37)35-18-28(5,6)22-13-32-24(12-23(22)35)29(30,31)20-10-8-7-9-11-20/h7-13,19,21,36H,14-18H2,1-6H3/t19-,21-/m1/s1. The highest BCUT2D eigenvalue weighted by atomic mass is 19.3. The first-order valence-electron chi connectivity index (χ1n) is 13.2. The van der Waals surface area contributed by atoms with Gasteiger partial charge in [0.25, 0.3) is 0 Å². The molecule has 0 unspecified atom stereocenters. The number of ether oxygens (including phenoxy) is 1. The molecule has 39 heavy (non-hydrogen) atoms. The highest BCUT2D eigenvalue weighted by Crippen LogP contribution is 2.43. The minimum absolute atomic E-state index is 0.0278. The van der Waals surface area contributed by atoms with Crippen molar-refractivity contribution in [2.45, 2.75) is 70.6 Å². The topological polar surface area (TPSA) is 86.2 Å². The predicted molar refractivity (Wildman–Crippen MR) is 144 cm³/mol. The average molecular weight is 545 g/mol. The first-order valence-corrected chi connectivity index (χ1v) is 13.2. The van der Waals surface area contributed by atoms with E-state index in [0.29, 0.717) is 18.8 Å². The number of aliphatic hydroxyl groups excluding tert-OH is 1. The molecule has 0 spiro atoms. The van der Waals surface area contributed by atoms with Crippen molar-refractivity contribution in [3.8, 4) is 0 Å². The number of hydrogen-bond donors (Lipinski definition) is 1. The molecule has 2 aliphatic heterocycles. The zero-order chi connectivity index (χ0) is 28.8. The maximum absolute atomic E-state index is 15.4. The predicted octanol–water partition coefficient (Wildman–Crippen LogP) is 4.15. The Hall–Kier alpha value is -3.11. The molecule has 212 valence electrons. The van der Waals surface area contributed by atoms with Gasteiger partial charge >= 0.3 is 12.0 Å². The molecule has 0 radical (unpaired) electrons. The normalized spacial score (nSPS) is 21.6. The number of carbonyl (C=O) groups is 2. The molecule has 1 saturated heterocycles. The van der Waals surface area contributed by atoms with E-state index in [1.54, 1.807) is 48.8 Å². The number of carbonyl (C=O) groups excluding carboxylic acids is 2. The Morgan fingerprint density at radius 1 is 1.15 bits per heavy atom. The third kappa shape index (κ3) is 5.91. The fourth-order valence-corrected chi connectivity index (χ4v) is 5.26. The molecule has 2 aliphatic rings. The third-order valence-corrected chi connectivity index (χ3v) is 7.35. The van der Waals surface area contributed by atoms with E-state index in [1.165, 1.54) is 24.4 Å². The van der Waals surface area contributed by atoms with Crippen LogP contribution in [0.1, 0.15) is 58.4 Å². The smallest absolute Gasteiger partial charge is 0.410 e. The summed E-state index contributed by atoms with van der Waals surface area (Å²) < 4.78 is 36.2. The number of halogens is 2. The minimum Gasteiger partial charge on any atom is -0.444 e. The molecule has 10 heteroatoms. The second-order valence-corrected chi connectivity index (χ2v) is 12.1. The van der Waals surface area contributed by atoms with Gasteiger partial charge in [0.15, 0.2) is 0 Å². The Kier molecular flexibility index (Phi) is 7.75. The molecule has 3 heterocycles. The van der Waals surface area contributed by atoms with Gasteiger partial charge < -0.3 is 19.6 Å². The molecular formula is C29H38F2N4O4. The van der Waals surface area contributed by atoms with Crippen molar-refractivity contribution < 1.29 is 28.2 Å². The van der Waals surface area contributed by atoms with Gasteiger partial charge in [-0.3, -0.25) is 14.7 Å². The van der Waals surface area contributed by atoms with Crippen molar-refractivity contribution in [2.75, 3.05) is 37.7 Å². The third-order valence-electron chi connectivity index (χ3n) is 7.35. The van der Waals surface area contributed by atoms with Crippen LogP contribution < -0.4 is 4.90 Å². The Morgan fingerprint density at radius 3 is 2.44 bits per heavy atom. The molecular weight excluding hydrogens is 506 g/mol. The number of aliphatic hydroxyl groups is 1. The van der Waals surface area contributed by atoms with Crippen molar-refractivity contribution in [3.05, 3.63) is 59.4 Å². The number of piperazine rings is 1. The van der Waals surface area contributed by atoms with Gasteiger partial charge in [-0.25, -0.2) is 4.79 Å². The summed E-state index contributed by atoms with van der Waals surface area (Å²) in [4.78, 5) is 35.4. The quantitative estimate of drug-likeness (QED) is 0.609. The van der Waals surface area contributed by atoms with Gasteiger partial charge in [-0.15, -0.1) is 0 Å². The highest BCUT2D eigenvalue weighted by Gasteiger charge is 2.44. The number of nitrogens with zero attached hydrogens (tertiary/aromatic N) is 4. The van der Waals surface area contributed by atoms with Crippen LogP contribution in [0.4, 0.5) is 19.3 Å². The summed E-state index contributed by atoms with van der Waals surface area (Å²) in [5.74, 6) is -3.59. The molecule has 1 aromatic heterocycles. The molecule has 0 bridgehead atoms. The summed E-state index contributed by atoms with van der Waals surface area (Å²) in [7, 11) is 0. The summed E-state index contributed by atoms with van der Waals surface area (Å²) in [5, 5.41) is 10.1. The van der Waals surface area contributed by atoms with E-state index < -0.39 is 34.8 Å². The summed E-state index contributed by atoms with van der Waals surface area (Å²) in [6.07, 6.45) is 0.988. The van der Waals surface area contributed by atoms with Crippen LogP contribution in [0.25, 0.3) is 0 Å². The van der Waals surface area contributed by atoms with Gasteiger partial charge in [0.2, 0.25) is 5.91 Å². The Bertz CT molecular complexity index is 1220. The molecule has 8 nitrogen and oxygen atoms in total. The van der Waals surface area contributed by atoms with Crippen LogP contribution >= 0.6 is 0 Å². The number of anilines is 1. The van der Waals surface area contributed by atoms with Crippen LogP contribution in [0.5, 0.6) is 0 Å². The molecule has 1 fully saturated rings. The molecule has 0 saturated carbocycles. The number of benzene rings is 1. The molecule has 1 aromatic carbocycles. The second kappa shape index (κ2) is 10.5. The van der Waals surface area contributed by atoms with Gasteiger partial charge in [0, 0.05) is 48.4 Å². The van der Waals surface area contributed by atoms with Gasteiger partial charge in [-0.05, 0) is 33.8 Å². The monoisotopic (exact) mass is 544 g/mol.